The monoisotopic (exact) mass is 387 g/mol. The molecule has 1 aromatic rings. The van der Waals surface area contributed by atoms with Gasteiger partial charge in [0.15, 0.2) is 0 Å². The van der Waals surface area contributed by atoms with Gasteiger partial charge in [0.2, 0.25) is 11.8 Å². The van der Waals surface area contributed by atoms with Crippen molar-refractivity contribution in [3.8, 4) is 0 Å². The molecule has 0 aromatic heterocycles. The van der Waals surface area contributed by atoms with Crippen molar-refractivity contribution in [2.24, 2.45) is 5.92 Å². The second-order valence-electron chi connectivity index (χ2n) is 6.24. The van der Waals surface area contributed by atoms with E-state index in [1.165, 1.54) is 18.2 Å². The number of halogens is 2. The van der Waals surface area contributed by atoms with Crippen molar-refractivity contribution in [2.75, 3.05) is 37.4 Å². The number of rotatable bonds is 8. The van der Waals surface area contributed by atoms with Gasteiger partial charge in [0.1, 0.15) is 5.82 Å². The summed E-state index contributed by atoms with van der Waals surface area (Å²) in [6.07, 6.45) is 4.91. The summed E-state index contributed by atoms with van der Waals surface area (Å²) in [7, 11) is 1.59. The number of hydrogen-bond acceptors (Lipinski definition) is 4. The Bertz CT molecular complexity index is 595. The van der Waals surface area contributed by atoms with E-state index < -0.39 is 5.82 Å². The van der Waals surface area contributed by atoms with Gasteiger partial charge in [0.05, 0.1) is 18.8 Å². The molecule has 1 fully saturated rings. The van der Waals surface area contributed by atoms with Crippen molar-refractivity contribution in [1.82, 2.24) is 5.32 Å². The number of carbonyl (C=O) groups is 2. The maximum Gasteiger partial charge on any atom is 0.238 e. The molecule has 2 rings (SSSR count). The Morgan fingerprint density at radius 1 is 1.19 bits per heavy atom. The standard InChI is InChI=1S/C18H26FN3O3.ClH/c1-25-10-9-20-12-17(23)21-14-7-8-15(19)16(11-14)22-18(24)13-5-3-2-4-6-13;/h7-8,11,13,20H,2-6,9-10,12H2,1H3,(H,21,23)(H,22,24);1H. The van der Waals surface area contributed by atoms with Gasteiger partial charge in [0.25, 0.3) is 0 Å². The first-order chi connectivity index (χ1) is 12.1. The fourth-order valence-corrected chi connectivity index (χ4v) is 2.88. The Balaban J connectivity index is 0.00000338. The number of anilines is 2. The van der Waals surface area contributed by atoms with Crippen LogP contribution in [-0.2, 0) is 14.3 Å². The summed E-state index contributed by atoms with van der Waals surface area (Å²) in [4.78, 5) is 24.1. The maximum atomic E-state index is 14.0. The lowest BCUT2D eigenvalue weighted by molar-refractivity contribution is -0.120. The molecule has 1 aliphatic carbocycles. The normalized spacial score (nSPS) is 14.4. The molecule has 0 unspecified atom stereocenters. The van der Waals surface area contributed by atoms with Gasteiger partial charge in [-0.3, -0.25) is 9.59 Å². The van der Waals surface area contributed by atoms with Crippen LogP contribution >= 0.6 is 12.4 Å². The lowest BCUT2D eigenvalue weighted by atomic mass is 9.88. The molecule has 1 saturated carbocycles. The van der Waals surface area contributed by atoms with Crippen LogP contribution in [0.1, 0.15) is 32.1 Å². The fourth-order valence-electron chi connectivity index (χ4n) is 2.88. The van der Waals surface area contributed by atoms with E-state index in [9.17, 15) is 14.0 Å². The topological polar surface area (TPSA) is 79.5 Å². The van der Waals surface area contributed by atoms with E-state index in [1.807, 2.05) is 0 Å². The molecule has 0 saturated heterocycles. The molecule has 1 aliphatic rings. The number of benzene rings is 1. The zero-order valence-electron chi connectivity index (χ0n) is 15.0. The number of nitrogens with one attached hydrogen (secondary N) is 3. The summed E-state index contributed by atoms with van der Waals surface area (Å²) in [6.45, 7) is 1.21. The van der Waals surface area contributed by atoms with Gasteiger partial charge in [-0.2, -0.15) is 0 Å². The molecule has 0 atom stereocenters. The lowest BCUT2D eigenvalue weighted by Gasteiger charge is -2.21. The van der Waals surface area contributed by atoms with Crippen molar-refractivity contribution in [1.29, 1.82) is 0 Å². The summed E-state index contributed by atoms with van der Waals surface area (Å²) in [5, 5.41) is 8.26. The molecular weight excluding hydrogens is 361 g/mol. The summed E-state index contributed by atoms with van der Waals surface area (Å²) in [5.41, 5.74) is 0.541. The van der Waals surface area contributed by atoms with E-state index >= 15 is 0 Å². The van der Waals surface area contributed by atoms with Crippen LogP contribution in [0, 0.1) is 11.7 Å². The highest BCUT2D eigenvalue weighted by molar-refractivity contribution is 5.95. The highest BCUT2D eigenvalue weighted by atomic mass is 35.5. The molecule has 0 spiro atoms. The summed E-state index contributed by atoms with van der Waals surface area (Å²) < 4.78 is 18.9. The Morgan fingerprint density at radius 2 is 1.92 bits per heavy atom. The zero-order valence-corrected chi connectivity index (χ0v) is 15.8. The molecule has 0 heterocycles. The number of carbonyl (C=O) groups excluding carboxylic acids is 2. The molecule has 3 N–H and O–H groups in total. The van der Waals surface area contributed by atoms with E-state index in [-0.39, 0.29) is 42.4 Å². The van der Waals surface area contributed by atoms with E-state index in [1.54, 1.807) is 7.11 Å². The molecule has 1 aromatic carbocycles. The van der Waals surface area contributed by atoms with Crippen LogP contribution in [0.15, 0.2) is 18.2 Å². The minimum atomic E-state index is -0.514. The van der Waals surface area contributed by atoms with Gasteiger partial charge in [-0.1, -0.05) is 19.3 Å². The van der Waals surface area contributed by atoms with Crippen LogP contribution in [0.2, 0.25) is 0 Å². The molecule has 2 amide bonds. The van der Waals surface area contributed by atoms with Crippen LogP contribution in [0.25, 0.3) is 0 Å². The number of amides is 2. The summed E-state index contributed by atoms with van der Waals surface area (Å²) >= 11 is 0. The summed E-state index contributed by atoms with van der Waals surface area (Å²) in [6, 6.07) is 4.16. The molecule has 8 heteroatoms. The Labute approximate surface area is 159 Å². The summed E-state index contributed by atoms with van der Waals surface area (Å²) in [5.74, 6) is -0.965. The van der Waals surface area contributed by atoms with Gasteiger partial charge in [0, 0.05) is 25.3 Å². The third kappa shape index (κ3) is 7.27. The molecule has 146 valence electrons. The largest absolute Gasteiger partial charge is 0.383 e. The molecule has 0 bridgehead atoms. The van der Waals surface area contributed by atoms with Gasteiger partial charge < -0.3 is 20.7 Å². The van der Waals surface area contributed by atoms with Gasteiger partial charge in [-0.25, -0.2) is 4.39 Å². The van der Waals surface area contributed by atoms with E-state index in [4.69, 9.17) is 4.74 Å². The van der Waals surface area contributed by atoms with Gasteiger partial charge in [-0.05, 0) is 31.0 Å². The molecule has 0 aliphatic heterocycles. The average Bonchev–Trinajstić information content (AvgIpc) is 2.62. The first-order valence-electron chi connectivity index (χ1n) is 8.70. The first kappa shape index (κ1) is 22.3. The van der Waals surface area contributed by atoms with Crippen molar-refractivity contribution in [2.45, 2.75) is 32.1 Å². The smallest absolute Gasteiger partial charge is 0.238 e. The van der Waals surface area contributed by atoms with Gasteiger partial charge in [-0.15, -0.1) is 12.4 Å². The Morgan fingerprint density at radius 3 is 2.62 bits per heavy atom. The average molecular weight is 388 g/mol. The Kier molecular flexibility index (Phi) is 10.2. The van der Waals surface area contributed by atoms with Crippen molar-refractivity contribution >= 4 is 35.6 Å². The molecule has 26 heavy (non-hydrogen) atoms. The highest BCUT2D eigenvalue weighted by Gasteiger charge is 2.22. The predicted molar refractivity (Wildman–Crippen MR) is 102 cm³/mol. The molecular formula is C18H27ClFN3O3. The van der Waals surface area contributed by atoms with E-state index in [2.05, 4.69) is 16.0 Å². The quantitative estimate of drug-likeness (QED) is 0.599. The van der Waals surface area contributed by atoms with Crippen molar-refractivity contribution < 1.29 is 18.7 Å². The Hall–Kier alpha value is -1.70. The predicted octanol–water partition coefficient (Wildman–Crippen LogP) is 2.94. The SMILES string of the molecule is COCCNCC(=O)Nc1ccc(F)c(NC(=O)C2CCCCC2)c1.Cl. The lowest BCUT2D eigenvalue weighted by Crippen LogP contribution is -2.30. The van der Waals surface area contributed by atoms with Crippen molar-refractivity contribution in [3.63, 3.8) is 0 Å². The number of methoxy groups -OCH3 is 1. The minimum absolute atomic E-state index is 0. The number of hydrogen-bond donors (Lipinski definition) is 3. The third-order valence-corrected chi connectivity index (χ3v) is 4.25. The third-order valence-electron chi connectivity index (χ3n) is 4.25. The minimum Gasteiger partial charge on any atom is -0.383 e. The second kappa shape index (κ2) is 11.8. The molecule has 0 radical (unpaired) electrons. The maximum absolute atomic E-state index is 14.0. The van der Waals surface area contributed by atoms with E-state index in [0.29, 0.717) is 18.8 Å². The van der Waals surface area contributed by atoms with Crippen LogP contribution in [0.3, 0.4) is 0 Å². The molecule has 6 nitrogen and oxygen atoms in total. The van der Waals surface area contributed by atoms with Crippen molar-refractivity contribution in [3.05, 3.63) is 24.0 Å². The van der Waals surface area contributed by atoms with Crippen LogP contribution < -0.4 is 16.0 Å². The van der Waals surface area contributed by atoms with Crippen LogP contribution in [-0.4, -0.2) is 38.6 Å². The highest BCUT2D eigenvalue weighted by Crippen LogP contribution is 2.26. The zero-order chi connectivity index (χ0) is 18.1. The first-order valence-corrected chi connectivity index (χ1v) is 8.70. The van der Waals surface area contributed by atoms with Gasteiger partial charge >= 0.3 is 0 Å². The van der Waals surface area contributed by atoms with Crippen LogP contribution in [0.4, 0.5) is 15.8 Å². The number of ether oxygens (including phenoxy) is 1. The second-order valence-corrected chi connectivity index (χ2v) is 6.24. The van der Waals surface area contributed by atoms with E-state index in [0.717, 1.165) is 32.1 Å². The fraction of sp³-hybridized carbons (Fsp3) is 0.556. The van der Waals surface area contributed by atoms with Crippen LogP contribution in [0.5, 0.6) is 0 Å².